The van der Waals surface area contributed by atoms with Crippen molar-refractivity contribution in [2.45, 2.75) is 31.5 Å². The van der Waals surface area contributed by atoms with Crippen LogP contribution >= 0.6 is 23.4 Å². The van der Waals surface area contributed by atoms with Crippen molar-refractivity contribution in [1.29, 1.82) is 0 Å². The van der Waals surface area contributed by atoms with Crippen LogP contribution in [0.5, 0.6) is 0 Å². The summed E-state index contributed by atoms with van der Waals surface area (Å²) in [6, 6.07) is 6.50. The molecule has 0 saturated carbocycles. The van der Waals surface area contributed by atoms with Crippen LogP contribution in [0.15, 0.2) is 33.9 Å². The Morgan fingerprint density at radius 2 is 2.00 bits per heavy atom. The molecule has 1 heterocycles. The first-order valence-corrected chi connectivity index (χ1v) is 8.38. The third-order valence-corrected chi connectivity index (χ3v) is 4.53. The second-order valence-electron chi connectivity index (χ2n) is 5.04. The Kier molecular flexibility index (Phi) is 8.05. The van der Waals surface area contributed by atoms with Crippen LogP contribution in [0.4, 0.5) is 0 Å². The molecule has 126 valence electrons. The molecule has 8 heteroatoms. The molecule has 0 spiro atoms. The van der Waals surface area contributed by atoms with E-state index in [1.54, 1.807) is 24.3 Å². The van der Waals surface area contributed by atoms with E-state index in [0.29, 0.717) is 21.7 Å². The van der Waals surface area contributed by atoms with Crippen molar-refractivity contribution in [3.05, 3.63) is 40.7 Å². The van der Waals surface area contributed by atoms with Crippen molar-refractivity contribution in [2.75, 3.05) is 5.75 Å². The van der Waals surface area contributed by atoms with Gasteiger partial charge in [0, 0.05) is 10.6 Å². The van der Waals surface area contributed by atoms with Crippen molar-refractivity contribution in [3.8, 4) is 0 Å². The van der Waals surface area contributed by atoms with E-state index in [1.165, 1.54) is 11.8 Å². The molecule has 0 aliphatic rings. The van der Waals surface area contributed by atoms with E-state index in [2.05, 4.69) is 17.1 Å². The second kappa shape index (κ2) is 9.27. The Balaban J connectivity index is 0.00000264. The van der Waals surface area contributed by atoms with Crippen LogP contribution < -0.4 is 18.1 Å². The highest BCUT2D eigenvalue weighted by Gasteiger charge is 2.20. The fourth-order valence-corrected chi connectivity index (χ4v) is 2.55. The minimum Gasteiger partial charge on any atom is -1.00 e. The molecule has 23 heavy (non-hydrogen) atoms. The van der Waals surface area contributed by atoms with Gasteiger partial charge in [-0.05, 0) is 30.2 Å². The average Bonchev–Trinajstić information content (AvgIpc) is 3.00. The monoisotopic (exact) mass is 374 g/mol. The number of hydrogen-bond donors (Lipinski definition) is 1. The fourth-order valence-electron chi connectivity index (χ4n) is 1.76. The van der Waals surface area contributed by atoms with Crippen LogP contribution in [-0.2, 0) is 0 Å². The molecule has 0 bridgehead atoms. The van der Waals surface area contributed by atoms with E-state index in [0.717, 1.165) is 6.42 Å². The van der Waals surface area contributed by atoms with E-state index in [9.17, 15) is 4.79 Å². The first-order chi connectivity index (χ1) is 10.5. The number of hydrogen-bond acceptors (Lipinski definition) is 6. The van der Waals surface area contributed by atoms with Gasteiger partial charge in [-0.15, -0.1) is 10.2 Å². The van der Waals surface area contributed by atoms with Gasteiger partial charge in [-0.3, -0.25) is 4.79 Å². The molecular formula is C15H18Cl2N3O2S-. The highest BCUT2D eigenvalue weighted by atomic mass is 35.5. The van der Waals surface area contributed by atoms with Gasteiger partial charge in [0.2, 0.25) is 5.89 Å². The van der Waals surface area contributed by atoms with Crippen LogP contribution in [-0.4, -0.2) is 21.7 Å². The molecule has 1 aromatic heterocycles. The number of thioether (sulfide) groups is 1. The van der Waals surface area contributed by atoms with Crippen molar-refractivity contribution in [1.82, 2.24) is 10.2 Å². The summed E-state index contributed by atoms with van der Waals surface area (Å²) in [5.41, 5.74) is 6.64. The Labute approximate surface area is 150 Å². The smallest absolute Gasteiger partial charge is 0.277 e. The highest BCUT2D eigenvalue weighted by molar-refractivity contribution is 7.99. The van der Waals surface area contributed by atoms with Gasteiger partial charge in [0.25, 0.3) is 5.22 Å². The van der Waals surface area contributed by atoms with Crippen molar-refractivity contribution >= 4 is 29.1 Å². The Morgan fingerprint density at radius 3 is 2.61 bits per heavy atom. The Bertz CT molecular complexity index is 634. The molecule has 1 unspecified atom stereocenters. The number of nitrogens with two attached hydrogens (primary N) is 1. The van der Waals surface area contributed by atoms with Crippen LogP contribution in [0.3, 0.4) is 0 Å². The largest absolute Gasteiger partial charge is 1.00 e. The summed E-state index contributed by atoms with van der Waals surface area (Å²) in [6.45, 7) is 4.09. The minimum atomic E-state index is -0.279. The van der Waals surface area contributed by atoms with Gasteiger partial charge >= 0.3 is 0 Å². The molecule has 0 amide bonds. The normalized spacial score (nSPS) is 13.2. The van der Waals surface area contributed by atoms with E-state index in [4.69, 9.17) is 21.8 Å². The molecule has 0 aliphatic heterocycles. The molecule has 0 fully saturated rings. The summed E-state index contributed by atoms with van der Waals surface area (Å²) in [5.74, 6) is 0.874. The summed E-state index contributed by atoms with van der Waals surface area (Å²) in [6.07, 6.45) is 0.932. The van der Waals surface area contributed by atoms with Crippen molar-refractivity contribution in [3.63, 3.8) is 0 Å². The topological polar surface area (TPSA) is 82.0 Å². The van der Waals surface area contributed by atoms with Crippen molar-refractivity contribution < 1.29 is 21.6 Å². The van der Waals surface area contributed by atoms with Gasteiger partial charge in [0.05, 0.1) is 11.8 Å². The maximum Gasteiger partial charge on any atom is 0.277 e. The quantitative estimate of drug-likeness (QED) is 0.568. The number of carbonyl (C=O) groups excluding carboxylic acids is 1. The summed E-state index contributed by atoms with van der Waals surface area (Å²) >= 11 is 7.00. The second-order valence-corrected chi connectivity index (χ2v) is 6.40. The first kappa shape index (κ1) is 20.0. The van der Waals surface area contributed by atoms with Gasteiger partial charge in [-0.1, -0.05) is 43.6 Å². The Hall–Kier alpha value is -1.08. The highest BCUT2D eigenvalue weighted by Crippen LogP contribution is 2.24. The van der Waals surface area contributed by atoms with Crippen LogP contribution in [0, 0.1) is 5.92 Å². The molecule has 1 aromatic carbocycles. The zero-order chi connectivity index (χ0) is 16.1. The Morgan fingerprint density at radius 1 is 1.35 bits per heavy atom. The van der Waals surface area contributed by atoms with E-state index in [1.807, 2.05) is 6.92 Å². The van der Waals surface area contributed by atoms with Gasteiger partial charge in [-0.2, -0.15) is 0 Å². The van der Waals surface area contributed by atoms with Crippen LogP contribution in [0.2, 0.25) is 5.02 Å². The molecule has 2 aromatic rings. The van der Waals surface area contributed by atoms with E-state index in [-0.39, 0.29) is 35.9 Å². The number of benzene rings is 1. The number of aromatic nitrogens is 2. The summed E-state index contributed by atoms with van der Waals surface area (Å²) in [5, 5.41) is 8.84. The zero-order valence-electron chi connectivity index (χ0n) is 12.8. The molecular weight excluding hydrogens is 357 g/mol. The summed E-state index contributed by atoms with van der Waals surface area (Å²) in [7, 11) is 0. The molecule has 2 atom stereocenters. The van der Waals surface area contributed by atoms with Crippen LogP contribution in [0.1, 0.15) is 42.6 Å². The van der Waals surface area contributed by atoms with E-state index < -0.39 is 0 Å². The van der Waals surface area contributed by atoms with Crippen molar-refractivity contribution in [2.24, 2.45) is 11.7 Å². The average molecular weight is 375 g/mol. The third-order valence-electron chi connectivity index (χ3n) is 3.46. The van der Waals surface area contributed by atoms with Gasteiger partial charge in [-0.25, -0.2) is 0 Å². The molecule has 0 radical (unpaired) electrons. The first-order valence-electron chi connectivity index (χ1n) is 7.01. The number of Topliss-reactive ketones (excluding diaryl/α,β-unsaturated/α-hetero) is 1. The molecule has 0 saturated heterocycles. The third kappa shape index (κ3) is 5.49. The maximum absolute atomic E-state index is 12.0. The number of nitrogens with zero attached hydrogens (tertiary/aromatic N) is 2. The number of halogens is 2. The number of rotatable bonds is 7. The van der Waals surface area contributed by atoms with Gasteiger partial charge in [0.1, 0.15) is 0 Å². The number of carbonyl (C=O) groups is 1. The minimum absolute atomic E-state index is 0. The summed E-state index contributed by atoms with van der Waals surface area (Å²) in [4.78, 5) is 12.0. The number of ketones is 1. The zero-order valence-corrected chi connectivity index (χ0v) is 15.2. The molecule has 5 nitrogen and oxygen atoms in total. The van der Waals surface area contributed by atoms with E-state index >= 15 is 0 Å². The lowest BCUT2D eigenvalue weighted by Crippen LogP contribution is -3.00. The lowest BCUT2D eigenvalue weighted by molar-refractivity contribution is -0.0000129. The molecule has 2 N–H and O–H groups in total. The molecule has 0 aliphatic carbocycles. The summed E-state index contributed by atoms with van der Waals surface area (Å²) < 4.78 is 5.52. The molecule has 2 rings (SSSR count). The van der Waals surface area contributed by atoms with Crippen LogP contribution in [0.25, 0.3) is 0 Å². The van der Waals surface area contributed by atoms with Gasteiger partial charge in [0.15, 0.2) is 5.78 Å². The fraction of sp³-hybridized carbons (Fsp3) is 0.400. The van der Waals surface area contributed by atoms with Gasteiger partial charge < -0.3 is 22.6 Å². The SMILES string of the molecule is CCC(C)[C@H](N)c1nnc(SCC(=O)c2ccc(Cl)cc2)o1.[Cl-]. The lowest BCUT2D eigenvalue weighted by atomic mass is 10.0. The maximum atomic E-state index is 12.0. The predicted octanol–water partition coefficient (Wildman–Crippen LogP) is 0.748. The lowest BCUT2D eigenvalue weighted by Gasteiger charge is -2.13. The standard InChI is InChI=1S/C15H18ClN3O2S.ClH/c1-3-9(2)13(17)14-18-19-15(21-14)22-8-12(20)10-4-6-11(16)7-5-10;/h4-7,9,13H,3,8,17H2,1-2H3;1H/p-1/t9?,13-;/m0./s1. The predicted molar refractivity (Wildman–Crippen MR) is 87.2 cm³/mol.